The molecule has 1 aromatic carbocycles. The maximum absolute atomic E-state index is 12.8. The average Bonchev–Trinajstić information content (AvgIpc) is 3.36. The summed E-state index contributed by atoms with van der Waals surface area (Å²) in [7, 11) is 0. The number of carbonyl (C=O) groups excluding carboxylic acids is 1. The summed E-state index contributed by atoms with van der Waals surface area (Å²) in [4.78, 5) is 18.8. The fraction of sp³-hybridized carbons (Fsp3) is 0.421. The number of aryl methyl sites for hydroxylation is 1. The van der Waals surface area contributed by atoms with Gasteiger partial charge >= 0.3 is 0 Å². The minimum Gasteiger partial charge on any atom is -0.451 e. The zero-order valence-corrected chi connectivity index (χ0v) is 14.4. The van der Waals surface area contributed by atoms with Gasteiger partial charge in [0.2, 0.25) is 5.89 Å². The lowest BCUT2D eigenvalue weighted by Gasteiger charge is -2.17. The Bertz CT molecular complexity index is 916. The fourth-order valence-electron chi connectivity index (χ4n) is 4.02. The zero-order chi connectivity index (χ0) is 17.7. The van der Waals surface area contributed by atoms with Crippen LogP contribution in [0.25, 0.3) is 11.0 Å². The topological polar surface area (TPSA) is 81.6 Å². The summed E-state index contributed by atoms with van der Waals surface area (Å²) in [5, 5.41) is 4.76. The first kappa shape index (κ1) is 15.6. The standard InChI is InChI=1S/C19H19N3O4/c1-11-20-18(26-21-11)8-14-6-13-9-22(10-17(13)24-14)19(23)16-7-12-4-2-3-5-15(12)25-16/h2-5,7,13-14,17H,6,8-10H2,1H3/t13-,14+,17+/m0/s1. The van der Waals surface area contributed by atoms with E-state index in [4.69, 9.17) is 13.7 Å². The number of furan rings is 1. The van der Waals surface area contributed by atoms with Crippen LogP contribution in [0.1, 0.15) is 28.7 Å². The number of benzene rings is 1. The Kier molecular flexibility index (Phi) is 3.56. The highest BCUT2D eigenvalue weighted by Crippen LogP contribution is 2.35. The highest BCUT2D eigenvalue weighted by Gasteiger charge is 2.44. The number of hydrogen-bond acceptors (Lipinski definition) is 6. The number of para-hydroxylation sites is 1. The number of likely N-dealkylation sites (tertiary alicyclic amines) is 1. The minimum atomic E-state index is -0.0664. The zero-order valence-electron chi connectivity index (χ0n) is 14.4. The van der Waals surface area contributed by atoms with Gasteiger partial charge in [0.05, 0.1) is 18.6 Å². The first-order valence-electron chi connectivity index (χ1n) is 8.88. The maximum atomic E-state index is 12.8. The minimum absolute atomic E-state index is 0.0664. The summed E-state index contributed by atoms with van der Waals surface area (Å²) in [6, 6.07) is 9.47. The van der Waals surface area contributed by atoms with Gasteiger partial charge < -0.3 is 18.6 Å². The van der Waals surface area contributed by atoms with Crippen molar-refractivity contribution in [2.45, 2.75) is 32.0 Å². The third kappa shape index (κ3) is 2.68. The van der Waals surface area contributed by atoms with E-state index < -0.39 is 0 Å². The molecule has 5 rings (SSSR count). The quantitative estimate of drug-likeness (QED) is 0.720. The molecule has 0 spiro atoms. The van der Waals surface area contributed by atoms with Gasteiger partial charge in [-0.2, -0.15) is 4.98 Å². The monoisotopic (exact) mass is 353 g/mol. The van der Waals surface area contributed by atoms with E-state index in [0.717, 1.165) is 17.4 Å². The van der Waals surface area contributed by atoms with Crippen LogP contribution in [0.5, 0.6) is 0 Å². The summed E-state index contributed by atoms with van der Waals surface area (Å²) in [6.45, 7) is 3.10. The molecular weight excluding hydrogens is 334 g/mol. The second-order valence-corrected chi connectivity index (χ2v) is 7.09. The largest absolute Gasteiger partial charge is 0.451 e. The fourth-order valence-corrected chi connectivity index (χ4v) is 4.02. The molecule has 4 heterocycles. The van der Waals surface area contributed by atoms with Crippen LogP contribution < -0.4 is 0 Å². The van der Waals surface area contributed by atoms with Gasteiger partial charge in [-0.3, -0.25) is 4.79 Å². The van der Waals surface area contributed by atoms with E-state index in [9.17, 15) is 4.79 Å². The SMILES string of the molecule is Cc1noc(C[C@H]2C[C@H]3CN(C(=O)c4cc5ccccc5o4)C[C@H]3O2)n1. The number of amides is 1. The lowest BCUT2D eigenvalue weighted by Crippen LogP contribution is -2.31. The molecule has 2 saturated heterocycles. The molecule has 7 nitrogen and oxygen atoms in total. The van der Waals surface area contributed by atoms with Gasteiger partial charge in [0.15, 0.2) is 11.6 Å². The van der Waals surface area contributed by atoms with Crippen molar-refractivity contribution < 1.29 is 18.5 Å². The lowest BCUT2D eigenvalue weighted by atomic mass is 10.0. The van der Waals surface area contributed by atoms with Gasteiger partial charge in [0.1, 0.15) is 5.58 Å². The van der Waals surface area contributed by atoms with Crippen LogP contribution in [0.15, 0.2) is 39.3 Å². The van der Waals surface area contributed by atoms with E-state index in [0.29, 0.717) is 42.9 Å². The Balaban J connectivity index is 1.24. The van der Waals surface area contributed by atoms with E-state index in [1.165, 1.54) is 0 Å². The summed E-state index contributed by atoms with van der Waals surface area (Å²) in [5.41, 5.74) is 0.737. The van der Waals surface area contributed by atoms with Crippen molar-refractivity contribution in [1.29, 1.82) is 0 Å². The van der Waals surface area contributed by atoms with Crippen molar-refractivity contribution in [2.75, 3.05) is 13.1 Å². The van der Waals surface area contributed by atoms with E-state index in [2.05, 4.69) is 10.1 Å². The molecule has 0 unspecified atom stereocenters. The van der Waals surface area contributed by atoms with Crippen LogP contribution in [-0.2, 0) is 11.2 Å². The van der Waals surface area contributed by atoms with Gasteiger partial charge in [-0.05, 0) is 25.5 Å². The molecule has 0 saturated carbocycles. The number of carbonyl (C=O) groups is 1. The van der Waals surface area contributed by atoms with Gasteiger partial charge in [0, 0.05) is 24.4 Å². The number of ether oxygens (including phenoxy) is 1. The molecule has 26 heavy (non-hydrogen) atoms. The molecule has 2 aromatic heterocycles. The summed E-state index contributed by atoms with van der Waals surface area (Å²) >= 11 is 0. The second-order valence-electron chi connectivity index (χ2n) is 7.09. The predicted molar refractivity (Wildman–Crippen MR) is 91.6 cm³/mol. The van der Waals surface area contributed by atoms with Crippen LogP contribution in [0.2, 0.25) is 0 Å². The maximum Gasteiger partial charge on any atom is 0.289 e. The highest BCUT2D eigenvalue weighted by atomic mass is 16.5. The average molecular weight is 353 g/mol. The molecule has 2 aliphatic rings. The van der Waals surface area contributed by atoms with Crippen LogP contribution in [0.4, 0.5) is 0 Å². The van der Waals surface area contributed by atoms with E-state index in [-0.39, 0.29) is 18.1 Å². The van der Waals surface area contributed by atoms with Gasteiger partial charge in [-0.25, -0.2) is 0 Å². The van der Waals surface area contributed by atoms with Crippen LogP contribution >= 0.6 is 0 Å². The van der Waals surface area contributed by atoms with Crippen molar-refractivity contribution in [3.8, 4) is 0 Å². The summed E-state index contributed by atoms with van der Waals surface area (Å²) < 4.78 is 17.0. The number of nitrogens with zero attached hydrogens (tertiary/aromatic N) is 3. The Morgan fingerprint density at radius 2 is 2.19 bits per heavy atom. The summed E-state index contributed by atoms with van der Waals surface area (Å²) in [5.74, 6) is 1.92. The van der Waals surface area contributed by atoms with E-state index in [1.807, 2.05) is 35.2 Å². The van der Waals surface area contributed by atoms with Crippen molar-refractivity contribution in [3.63, 3.8) is 0 Å². The van der Waals surface area contributed by atoms with Crippen molar-refractivity contribution in [2.24, 2.45) is 5.92 Å². The third-order valence-electron chi connectivity index (χ3n) is 5.21. The highest BCUT2D eigenvalue weighted by molar-refractivity contribution is 5.96. The smallest absolute Gasteiger partial charge is 0.289 e. The molecule has 0 bridgehead atoms. The lowest BCUT2D eigenvalue weighted by molar-refractivity contribution is 0.0324. The number of hydrogen-bond donors (Lipinski definition) is 0. The Labute approximate surface area is 149 Å². The third-order valence-corrected chi connectivity index (χ3v) is 5.21. The molecule has 0 aliphatic carbocycles. The number of fused-ring (bicyclic) bond motifs is 2. The molecule has 1 amide bonds. The predicted octanol–water partition coefficient (Wildman–Crippen LogP) is 2.60. The second kappa shape index (κ2) is 5.95. The van der Waals surface area contributed by atoms with Crippen molar-refractivity contribution >= 4 is 16.9 Å². The number of aromatic nitrogens is 2. The molecule has 134 valence electrons. The van der Waals surface area contributed by atoms with E-state index in [1.54, 1.807) is 6.92 Å². The molecule has 7 heteroatoms. The molecule has 2 fully saturated rings. The van der Waals surface area contributed by atoms with Gasteiger partial charge in [-0.15, -0.1) is 0 Å². The molecular formula is C19H19N3O4. The van der Waals surface area contributed by atoms with Crippen LogP contribution in [0.3, 0.4) is 0 Å². The van der Waals surface area contributed by atoms with Crippen molar-refractivity contribution in [3.05, 3.63) is 47.8 Å². The van der Waals surface area contributed by atoms with E-state index >= 15 is 0 Å². The van der Waals surface area contributed by atoms with Crippen molar-refractivity contribution in [1.82, 2.24) is 15.0 Å². The van der Waals surface area contributed by atoms with Gasteiger partial charge in [-0.1, -0.05) is 23.4 Å². The molecule has 0 radical (unpaired) electrons. The molecule has 3 aromatic rings. The first-order chi connectivity index (χ1) is 12.7. The Hall–Kier alpha value is -2.67. The van der Waals surface area contributed by atoms with Gasteiger partial charge in [0.25, 0.3) is 5.91 Å². The first-order valence-corrected chi connectivity index (χ1v) is 8.88. The number of rotatable bonds is 3. The molecule has 0 N–H and O–H groups in total. The Morgan fingerprint density at radius 3 is 2.96 bits per heavy atom. The summed E-state index contributed by atoms with van der Waals surface area (Å²) in [6.07, 6.45) is 1.67. The normalized spacial score (nSPS) is 25.1. The Morgan fingerprint density at radius 1 is 1.31 bits per heavy atom. The molecule has 3 atom stereocenters. The van der Waals surface area contributed by atoms with Crippen LogP contribution in [0, 0.1) is 12.8 Å². The molecule has 2 aliphatic heterocycles. The van der Waals surface area contributed by atoms with Crippen LogP contribution in [-0.4, -0.2) is 46.2 Å².